The van der Waals surface area contributed by atoms with Crippen molar-refractivity contribution in [2.45, 2.75) is 20.3 Å². The molecular weight excluding hydrogens is 182 g/mol. The normalized spacial score (nSPS) is 9.86. The van der Waals surface area contributed by atoms with Crippen molar-refractivity contribution < 1.29 is 14.3 Å². The summed E-state index contributed by atoms with van der Waals surface area (Å²) in [5, 5.41) is 0. The van der Waals surface area contributed by atoms with E-state index in [-0.39, 0.29) is 0 Å². The largest absolute Gasteiger partial charge is 0.461 e. The number of ether oxygens (including phenoxy) is 1. The van der Waals surface area contributed by atoms with Gasteiger partial charge in [-0.3, -0.25) is 4.79 Å². The average molecular weight is 195 g/mol. The maximum absolute atomic E-state index is 11.3. The number of nitrogens with one attached hydrogen (secondary N) is 1. The van der Waals surface area contributed by atoms with Crippen molar-refractivity contribution in [2.75, 3.05) is 6.61 Å². The van der Waals surface area contributed by atoms with Crippen molar-refractivity contribution in [2.24, 2.45) is 0 Å². The van der Waals surface area contributed by atoms with E-state index in [0.717, 1.165) is 12.0 Å². The summed E-state index contributed by atoms with van der Waals surface area (Å²) < 4.78 is 4.80. The summed E-state index contributed by atoms with van der Waals surface area (Å²) >= 11 is 0. The summed E-state index contributed by atoms with van der Waals surface area (Å²) in [5.41, 5.74) is 1.63. The lowest BCUT2D eigenvalue weighted by Gasteiger charge is -1.97. The molecule has 0 bridgehead atoms. The molecule has 1 rings (SSSR count). The first-order valence-corrected chi connectivity index (χ1v) is 4.57. The number of hydrogen-bond donors (Lipinski definition) is 1. The first kappa shape index (κ1) is 10.5. The van der Waals surface area contributed by atoms with Crippen molar-refractivity contribution >= 4 is 12.3 Å². The topological polar surface area (TPSA) is 59.2 Å². The molecule has 4 heteroatoms. The minimum atomic E-state index is -0.421. The van der Waals surface area contributed by atoms with Crippen molar-refractivity contribution in [3.63, 3.8) is 0 Å². The van der Waals surface area contributed by atoms with Crippen LogP contribution in [0.25, 0.3) is 0 Å². The van der Waals surface area contributed by atoms with Gasteiger partial charge in [-0.2, -0.15) is 0 Å². The van der Waals surface area contributed by atoms with Crippen LogP contribution < -0.4 is 0 Å². The SMILES string of the molecule is CCOC(=O)c1cc(C=O)c(CC)[nH]1. The van der Waals surface area contributed by atoms with Crippen LogP contribution in [0.4, 0.5) is 0 Å². The second-order valence-electron chi connectivity index (χ2n) is 2.81. The summed E-state index contributed by atoms with van der Waals surface area (Å²) in [6.07, 6.45) is 1.42. The number of esters is 1. The van der Waals surface area contributed by atoms with Crippen LogP contribution in [0.5, 0.6) is 0 Å². The number of hydrogen-bond acceptors (Lipinski definition) is 3. The van der Waals surface area contributed by atoms with Gasteiger partial charge in [-0.15, -0.1) is 0 Å². The molecule has 0 aromatic carbocycles. The fraction of sp³-hybridized carbons (Fsp3) is 0.400. The van der Waals surface area contributed by atoms with Gasteiger partial charge in [0.05, 0.1) is 6.61 Å². The molecule has 0 spiro atoms. The van der Waals surface area contributed by atoms with E-state index in [2.05, 4.69) is 4.98 Å². The molecule has 4 nitrogen and oxygen atoms in total. The Morgan fingerprint density at radius 3 is 2.71 bits per heavy atom. The van der Waals surface area contributed by atoms with Crippen LogP contribution in [-0.2, 0) is 11.2 Å². The lowest BCUT2D eigenvalue weighted by molar-refractivity contribution is 0.0520. The van der Waals surface area contributed by atoms with Gasteiger partial charge in [-0.05, 0) is 19.4 Å². The Bertz CT molecular complexity index is 341. The van der Waals surface area contributed by atoms with Crippen LogP contribution in [0, 0.1) is 0 Å². The number of aldehydes is 1. The summed E-state index contributed by atoms with van der Waals surface area (Å²) in [4.78, 5) is 24.7. The molecule has 0 amide bonds. The highest BCUT2D eigenvalue weighted by Gasteiger charge is 2.12. The maximum Gasteiger partial charge on any atom is 0.354 e. The highest BCUT2D eigenvalue weighted by Crippen LogP contribution is 2.10. The summed E-state index contributed by atoms with van der Waals surface area (Å²) in [6, 6.07) is 1.52. The third kappa shape index (κ3) is 2.02. The zero-order valence-corrected chi connectivity index (χ0v) is 8.29. The van der Waals surface area contributed by atoms with Crippen molar-refractivity contribution in [1.82, 2.24) is 4.98 Å². The van der Waals surface area contributed by atoms with E-state index in [0.29, 0.717) is 24.3 Å². The molecule has 0 atom stereocenters. The predicted octanol–water partition coefficient (Wildman–Crippen LogP) is 1.57. The predicted molar refractivity (Wildman–Crippen MR) is 51.5 cm³/mol. The number of H-pyrrole nitrogens is 1. The van der Waals surface area contributed by atoms with Crippen LogP contribution in [0.15, 0.2) is 6.07 Å². The quantitative estimate of drug-likeness (QED) is 0.586. The van der Waals surface area contributed by atoms with E-state index in [1.807, 2.05) is 6.92 Å². The molecule has 0 radical (unpaired) electrons. The van der Waals surface area contributed by atoms with Gasteiger partial charge >= 0.3 is 5.97 Å². The van der Waals surface area contributed by atoms with Gasteiger partial charge in [0, 0.05) is 11.3 Å². The molecule has 0 aliphatic carbocycles. The van der Waals surface area contributed by atoms with Crippen LogP contribution in [-0.4, -0.2) is 23.8 Å². The lowest BCUT2D eigenvalue weighted by atomic mass is 10.2. The molecule has 1 aromatic heterocycles. The van der Waals surface area contributed by atoms with Gasteiger partial charge in [0.15, 0.2) is 6.29 Å². The van der Waals surface area contributed by atoms with E-state index in [1.165, 1.54) is 6.07 Å². The third-order valence-electron chi connectivity index (χ3n) is 1.91. The lowest BCUT2D eigenvalue weighted by Crippen LogP contribution is -2.04. The van der Waals surface area contributed by atoms with E-state index in [9.17, 15) is 9.59 Å². The monoisotopic (exact) mass is 195 g/mol. The number of aromatic amines is 1. The average Bonchev–Trinajstić information content (AvgIpc) is 2.61. The van der Waals surface area contributed by atoms with Crippen LogP contribution in [0.1, 0.15) is 40.4 Å². The summed E-state index contributed by atoms with van der Waals surface area (Å²) in [7, 11) is 0. The van der Waals surface area contributed by atoms with Crippen molar-refractivity contribution in [1.29, 1.82) is 0 Å². The highest BCUT2D eigenvalue weighted by atomic mass is 16.5. The zero-order valence-electron chi connectivity index (χ0n) is 8.29. The summed E-state index contributed by atoms with van der Waals surface area (Å²) in [6.45, 7) is 3.98. The molecule has 0 saturated carbocycles. The standard InChI is InChI=1S/C10H13NO3/c1-3-8-7(6-12)5-9(11-8)10(13)14-4-2/h5-6,11H,3-4H2,1-2H3. The van der Waals surface area contributed by atoms with E-state index in [1.54, 1.807) is 6.92 Å². The highest BCUT2D eigenvalue weighted by molar-refractivity contribution is 5.91. The molecular formula is C10H13NO3. The number of carbonyl (C=O) groups is 2. The molecule has 0 fully saturated rings. The Labute approximate surface area is 82.3 Å². The fourth-order valence-electron chi connectivity index (χ4n) is 1.23. The molecule has 0 saturated heterocycles. The molecule has 14 heavy (non-hydrogen) atoms. The minimum Gasteiger partial charge on any atom is -0.461 e. The smallest absolute Gasteiger partial charge is 0.354 e. The summed E-state index contributed by atoms with van der Waals surface area (Å²) in [5.74, 6) is -0.421. The van der Waals surface area contributed by atoms with Gasteiger partial charge in [-0.1, -0.05) is 6.92 Å². The first-order valence-electron chi connectivity index (χ1n) is 4.57. The number of rotatable bonds is 4. The number of aromatic nitrogens is 1. The Hall–Kier alpha value is -1.58. The molecule has 1 heterocycles. The molecule has 0 aliphatic heterocycles. The van der Waals surface area contributed by atoms with Gasteiger partial charge in [-0.25, -0.2) is 4.79 Å². The molecule has 0 unspecified atom stereocenters. The van der Waals surface area contributed by atoms with Gasteiger partial charge in [0.25, 0.3) is 0 Å². The Kier molecular flexibility index (Phi) is 3.45. The fourth-order valence-corrected chi connectivity index (χ4v) is 1.23. The number of carbonyl (C=O) groups excluding carboxylic acids is 2. The van der Waals surface area contributed by atoms with Gasteiger partial charge < -0.3 is 9.72 Å². The van der Waals surface area contributed by atoms with E-state index < -0.39 is 5.97 Å². The second kappa shape index (κ2) is 4.60. The maximum atomic E-state index is 11.3. The number of aryl methyl sites for hydroxylation is 1. The van der Waals surface area contributed by atoms with Crippen LogP contribution in [0.3, 0.4) is 0 Å². The zero-order chi connectivity index (χ0) is 10.6. The molecule has 76 valence electrons. The third-order valence-corrected chi connectivity index (χ3v) is 1.91. The Morgan fingerprint density at radius 2 is 2.29 bits per heavy atom. The first-order chi connectivity index (χ1) is 6.72. The van der Waals surface area contributed by atoms with Crippen molar-refractivity contribution in [3.05, 3.63) is 23.0 Å². The van der Waals surface area contributed by atoms with Gasteiger partial charge in [0.2, 0.25) is 0 Å². The van der Waals surface area contributed by atoms with Crippen LogP contribution >= 0.6 is 0 Å². The minimum absolute atomic E-state index is 0.329. The van der Waals surface area contributed by atoms with Gasteiger partial charge in [0.1, 0.15) is 5.69 Å². The van der Waals surface area contributed by atoms with Crippen LogP contribution in [0.2, 0.25) is 0 Å². The molecule has 1 aromatic rings. The Balaban J connectivity index is 2.94. The second-order valence-corrected chi connectivity index (χ2v) is 2.81. The molecule has 1 N–H and O–H groups in total. The van der Waals surface area contributed by atoms with Crippen molar-refractivity contribution in [3.8, 4) is 0 Å². The molecule has 0 aliphatic rings. The van der Waals surface area contributed by atoms with E-state index in [4.69, 9.17) is 4.74 Å². The Morgan fingerprint density at radius 1 is 1.57 bits per heavy atom. The van der Waals surface area contributed by atoms with E-state index >= 15 is 0 Å².